The van der Waals surface area contributed by atoms with Gasteiger partial charge in [0.2, 0.25) is 0 Å². The molecule has 2 rings (SSSR count). The quantitative estimate of drug-likeness (QED) is 0.462. The minimum absolute atomic E-state index is 0.0990. The van der Waals surface area contributed by atoms with E-state index in [1.165, 1.54) is 12.3 Å². The van der Waals surface area contributed by atoms with Gasteiger partial charge in [0.05, 0.1) is 6.21 Å². The lowest BCUT2D eigenvalue weighted by molar-refractivity contribution is 0.474. The van der Waals surface area contributed by atoms with Gasteiger partial charge in [-0.25, -0.2) is 0 Å². The zero-order valence-corrected chi connectivity index (χ0v) is 11.9. The van der Waals surface area contributed by atoms with Crippen LogP contribution in [0.3, 0.4) is 0 Å². The largest absolute Gasteiger partial charge is 0.507 e. The number of nitrogens with zero attached hydrogens (tertiary/aromatic N) is 1. The van der Waals surface area contributed by atoms with Crippen molar-refractivity contribution in [3.63, 3.8) is 0 Å². The van der Waals surface area contributed by atoms with Crippen molar-refractivity contribution in [2.45, 2.75) is 0 Å². The fourth-order valence-electron chi connectivity index (χ4n) is 1.47. The Labute approximate surface area is 127 Å². The van der Waals surface area contributed by atoms with E-state index in [1.807, 2.05) is 30.3 Å². The van der Waals surface area contributed by atoms with Crippen LogP contribution in [0, 0.1) is 0 Å². The second-order valence-corrected chi connectivity index (χ2v) is 4.74. The van der Waals surface area contributed by atoms with Crippen molar-refractivity contribution in [1.82, 2.24) is 5.43 Å². The number of hydrogen-bond donors (Lipinski definition) is 3. The number of hydrogen-bond acceptors (Lipinski definition) is 3. The fraction of sp³-hybridized carbons (Fsp3) is 0. The second kappa shape index (κ2) is 6.88. The summed E-state index contributed by atoms with van der Waals surface area (Å²) < 4.78 is 0. The molecule has 0 spiro atoms. The number of para-hydroxylation sites is 1. The predicted molar refractivity (Wildman–Crippen MR) is 86.5 cm³/mol. The SMILES string of the molecule is Oc1ccc(Cl)cc1C=NNC(=S)Nc1ccccc1. The van der Waals surface area contributed by atoms with Crippen LogP contribution in [0.2, 0.25) is 5.02 Å². The number of anilines is 1. The van der Waals surface area contributed by atoms with Gasteiger partial charge in [-0.3, -0.25) is 5.43 Å². The molecule has 20 heavy (non-hydrogen) atoms. The molecular weight excluding hydrogens is 294 g/mol. The van der Waals surface area contributed by atoms with E-state index in [9.17, 15) is 5.11 Å². The molecule has 0 amide bonds. The van der Waals surface area contributed by atoms with Crippen molar-refractivity contribution in [2.75, 3.05) is 5.32 Å². The first-order valence-electron chi connectivity index (χ1n) is 5.79. The molecule has 0 aliphatic rings. The standard InChI is InChI=1S/C14H12ClN3OS/c15-11-6-7-13(19)10(8-11)9-16-18-14(20)17-12-4-2-1-3-5-12/h1-9,19H,(H2,17,18,20). The lowest BCUT2D eigenvalue weighted by Crippen LogP contribution is -2.23. The topological polar surface area (TPSA) is 56.7 Å². The molecule has 2 aromatic rings. The zero-order chi connectivity index (χ0) is 14.4. The molecule has 0 saturated carbocycles. The number of aromatic hydroxyl groups is 1. The van der Waals surface area contributed by atoms with E-state index in [4.69, 9.17) is 23.8 Å². The zero-order valence-electron chi connectivity index (χ0n) is 10.4. The smallest absolute Gasteiger partial charge is 0.191 e. The summed E-state index contributed by atoms with van der Waals surface area (Å²) in [6, 6.07) is 14.2. The number of rotatable bonds is 3. The van der Waals surface area contributed by atoms with E-state index in [0.29, 0.717) is 15.7 Å². The third kappa shape index (κ3) is 4.22. The molecular formula is C14H12ClN3OS. The van der Waals surface area contributed by atoms with Crippen molar-refractivity contribution in [1.29, 1.82) is 0 Å². The van der Waals surface area contributed by atoms with Crippen LogP contribution >= 0.6 is 23.8 Å². The van der Waals surface area contributed by atoms with Gasteiger partial charge in [-0.05, 0) is 42.5 Å². The Hall–Kier alpha value is -2.11. The van der Waals surface area contributed by atoms with Crippen LogP contribution in [0.1, 0.15) is 5.56 Å². The lowest BCUT2D eigenvalue weighted by atomic mass is 10.2. The number of thiocarbonyl (C=S) groups is 1. The van der Waals surface area contributed by atoms with Gasteiger partial charge in [-0.2, -0.15) is 5.10 Å². The highest BCUT2D eigenvalue weighted by atomic mass is 35.5. The Kier molecular flexibility index (Phi) is 4.92. The summed E-state index contributed by atoms with van der Waals surface area (Å²) >= 11 is 10.9. The van der Waals surface area contributed by atoms with Crippen LogP contribution in [0.5, 0.6) is 5.75 Å². The highest BCUT2D eigenvalue weighted by molar-refractivity contribution is 7.80. The van der Waals surface area contributed by atoms with Crippen LogP contribution in [-0.4, -0.2) is 16.4 Å². The van der Waals surface area contributed by atoms with Gasteiger partial charge >= 0.3 is 0 Å². The van der Waals surface area contributed by atoms with Gasteiger partial charge in [-0.15, -0.1) is 0 Å². The molecule has 3 N–H and O–H groups in total. The first kappa shape index (κ1) is 14.3. The average Bonchev–Trinajstić information content (AvgIpc) is 2.44. The van der Waals surface area contributed by atoms with E-state index in [1.54, 1.807) is 12.1 Å². The Morgan fingerprint density at radius 2 is 1.95 bits per heavy atom. The summed E-state index contributed by atoms with van der Waals surface area (Å²) in [4.78, 5) is 0. The van der Waals surface area contributed by atoms with Crippen molar-refractivity contribution < 1.29 is 5.11 Å². The Morgan fingerprint density at radius 1 is 1.20 bits per heavy atom. The highest BCUT2D eigenvalue weighted by Crippen LogP contribution is 2.19. The molecule has 0 unspecified atom stereocenters. The summed E-state index contributed by atoms with van der Waals surface area (Å²) in [5, 5.41) is 17.4. The Morgan fingerprint density at radius 3 is 2.70 bits per heavy atom. The molecule has 0 aliphatic heterocycles. The number of halogens is 1. The maximum atomic E-state index is 9.61. The number of phenolic OH excluding ortho intramolecular Hbond substituents is 1. The molecule has 102 valence electrons. The highest BCUT2D eigenvalue weighted by Gasteiger charge is 1.99. The van der Waals surface area contributed by atoms with Gasteiger partial charge in [0.1, 0.15) is 5.75 Å². The molecule has 0 bridgehead atoms. The van der Waals surface area contributed by atoms with Crippen LogP contribution in [0.25, 0.3) is 0 Å². The van der Waals surface area contributed by atoms with Gasteiger partial charge in [0.25, 0.3) is 0 Å². The molecule has 2 aromatic carbocycles. The third-order valence-electron chi connectivity index (χ3n) is 2.39. The van der Waals surface area contributed by atoms with E-state index >= 15 is 0 Å². The summed E-state index contributed by atoms with van der Waals surface area (Å²) in [7, 11) is 0. The van der Waals surface area contributed by atoms with Crippen molar-refractivity contribution in [3.05, 3.63) is 59.1 Å². The molecule has 0 heterocycles. The molecule has 4 nitrogen and oxygen atoms in total. The number of hydrazone groups is 1. The fourth-order valence-corrected chi connectivity index (χ4v) is 1.82. The minimum Gasteiger partial charge on any atom is -0.507 e. The normalized spacial score (nSPS) is 10.4. The van der Waals surface area contributed by atoms with Crippen LogP contribution in [0.4, 0.5) is 5.69 Å². The summed E-state index contributed by atoms with van der Waals surface area (Å²) in [6.45, 7) is 0. The van der Waals surface area contributed by atoms with Crippen LogP contribution < -0.4 is 10.7 Å². The number of benzene rings is 2. The first-order chi connectivity index (χ1) is 9.65. The predicted octanol–water partition coefficient (Wildman–Crippen LogP) is 3.37. The van der Waals surface area contributed by atoms with Gasteiger partial charge in [0.15, 0.2) is 5.11 Å². The molecule has 0 aromatic heterocycles. The average molecular weight is 306 g/mol. The van der Waals surface area contributed by atoms with Crippen molar-refractivity contribution >= 4 is 40.8 Å². The van der Waals surface area contributed by atoms with Crippen LogP contribution in [0.15, 0.2) is 53.6 Å². The lowest BCUT2D eigenvalue weighted by Gasteiger charge is -2.06. The van der Waals surface area contributed by atoms with Crippen molar-refractivity contribution in [3.8, 4) is 5.75 Å². The van der Waals surface area contributed by atoms with E-state index in [2.05, 4.69) is 15.8 Å². The first-order valence-corrected chi connectivity index (χ1v) is 6.57. The van der Waals surface area contributed by atoms with Gasteiger partial charge in [-0.1, -0.05) is 29.8 Å². The molecule has 0 atom stereocenters. The van der Waals surface area contributed by atoms with E-state index in [-0.39, 0.29) is 5.75 Å². The maximum Gasteiger partial charge on any atom is 0.191 e. The Bertz CT molecular complexity index is 632. The summed E-state index contributed by atoms with van der Waals surface area (Å²) in [6.07, 6.45) is 1.44. The maximum absolute atomic E-state index is 9.61. The molecule has 0 radical (unpaired) electrons. The molecule has 0 fully saturated rings. The van der Waals surface area contributed by atoms with Gasteiger partial charge in [0, 0.05) is 16.3 Å². The molecule has 0 aliphatic carbocycles. The molecule has 0 saturated heterocycles. The number of phenols is 1. The Balaban J connectivity index is 1.93. The summed E-state index contributed by atoms with van der Waals surface area (Å²) in [5.74, 6) is 0.0990. The van der Waals surface area contributed by atoms with Crippen LogP contribution in [-0.2, 0) is 0 Å². The van der Waals surface area contributed by atoms with Crippen molar-refractivity contribution in [2.24, 2.45) is 5.10 Å². The second-order valence-electron chi connectivity index (χ2n) is 3.89. The van der Waals surface area contributed by atoms with Gasteiger partial charge < -0.3 is 10.4 Å². The van der Waals surface area contributed by atoms with E-state index in [0.717, 1.165) is 5.69 Å². The minimum atomic E-state index is 0.0990. The molecule has 6 heteroatoms. The number of nitrogens with one attached hydrogen (secondary N) is 2. The van der Waals surface area contributed by atoms with E-state index < -0.39 is 0 Å². The summed E-state index contributed by atoms with van der Waals surface area (Å²) in [5.41, 5.74) is 4.04. The third-order valence-corrected chi connectivity index (χ3v) is 2.82. The monoisotopic (exact) mass is 305 g/mol.